The molecule has 0 saturated carbocycles. The molecule has 0 aliphatic carbocycles. The topological polar surface area (TPSA) is 106 Å². The number of phenolic OH excluding ortho intramolecular Hbond substituents is 1. The number of methoxy groups -OCH3 is 1. The average molecular weight is 427 g/mol. The second-order valence-electron chi connectivity index (χ2n) is 7.10. The van der Waals surface area contributed by atoms with Crippen molar-refractivity contribution in [1.29, 1.82) is 0 Å². The number of hydrazone groups is 1. The van der Waals surface area contributed by atoms with E-state index in [0.29, 0.717) is 23.6 Å². The van der Waals surface area contributed by atoms with Gasteiger partial charge in [0.1, 0.15) is 0 Å². The fourth-order valence-electron chi connectivity index (χ4n) is 3.45. The maximum Gasteiger partial charge on any atom is 0.254 e. The Kier molecular flexibility index (Phi) is 5.04. The fourth-order valence-corrected chi connectivity index (χ4v) is 3.45. The quantitative estimate of drug-likeness (QED) is 0.508. The smallest absolute Gasteiger partial charge is 0.254 e. The predicted octanol–water partition coefficient (Wildman–Crippen LogP) is 3.53. The summed E-state index contributed by atoms with van der Waals surface area (Å²) >= 11 is 0. The van der Waals surface area contributed by atoms with Crippen molar-refractivity contribution < 1.29 is 9.84 Å². The van der Waals surface area contributed by atoms with Crippen molar-refractivity contribution in [2.75, 3.05) is 17.7 Å². The van der Waals surface area contributed by atoms with Gasteiger partial charge in [0.15, 0.2) is 17.7 Å². The number of nitrogens with one attached hydrogen (secondary N) is 3. The molecule has 0 aromatic heterocycles. The molecule has 0 spiro atoms. The van der Waals surface area contributed by atoms with Gasteiger partial charge in [-0.25, -0.2) is 0 Å². The number of phenols is 1. The van der Waals surface area contributed by atoms with Gasteiger partial charge in [-0.3, -0.25) is 10.3 Å². The average Bonchev–Trinajstić information content (AvgIpc) is 3.25. The second-order valence-corrected chi connectivity index (χ2v) is 7.10. The third-order valence-electron chi connectivity index (χ3n) is 4.99. The first-order chi connectivity index (χ1) is 15.7. The van der Waals surface area contributed by atoms with Crippen molar-refractivity contribution in [3.8, 4) is 11.5 Å². The van der Waals surface area contributed by atoms with Gasteiger partial charge in [0.2, 0.25) is 11.9 Å². The molecule has 0 amide bonds. The number of anilines is 2. The van der Waals surface area contributed by atoms with E-state index in [4.69, 9.17) is 9.73 Å². The highest BCUT2D eigenvalue weighted by molar-refractivity contribution is 6.19. The SMILES string of the molecule is COc1cc(C2NN=C3N=C(Nc4ccccc4)N=C(Nc4ccccc4)N32)ccc1O. The Morgan fingerprint density at radius 3 is 2.28 bits per heavy atom. The Labute approximate surface area is 184 Å². The van der Waals surface area contributed by atoms with E-state index in [2.05, 4.69) is 26.2 Å². The lowest BCUT2D eigenvalue weighted by molar-refractivity contribution is 0.368. The van der Waals surface area contributed by atoms with Crippen LogP contribution in [0.2, 0.25) is 0 Å². The molecule has 3 aromatic carbocycles. The Morgan fingerprint density at radius 1 is 0.906 bits per heavy atom. The highest BCUT2D eigenvalue weighted by Crippen LogP contribution is 2.33. The van der Waals surface area contributed by atoms with E-state index >= 15 is 0 Å². The highest BCUT2D eigenvalue weighted by Gasteiger charge is 2.36. The van der Waals surface area contributed by atoms with Crippen molar-refractivity contribution in [3.05, 3.63) is 84.4 Å². The first-order valence-corrected chi connectivity index (χ1v) is 10.0. The van der Waals surface area contributed by atoms with E-state index in [1.807, 2.05) is 65.6 Å². The number of para-hydroxylation sites is 2. The summed E-state index contributed by atoms with van der Waals surface area (Å²) < 4.78 is 5.27. The summed E-state index contributed by atoms with van der Waals surface area (Å²) in [6.07, 6.45) is -0.392. The maximum atomic E-state index is 9.98. The molecule has 160 valence electrons. The Hall–Kier alpha value is -4.53. The first-order valence-electron chi connectivity index (χ1n) is 10.0. The molecule has 4 N–H and O–H groups in total. The minimum Gasteiger partial charge on any atom is -0.504 e. The summed E-state index contributed by atoms with van der Waals surface area (Å²) in [7, 11) is 1.51. The summed E-state index contributed by atoms with van der Waals surface area (Å²) in [6.45, 7) is 0. The Morgan fingerprint density at radius 2 is 1.59 bits per heavy atom. The number of ether oxygens (including phenoxy) is 1. The summed E-state index contributed by atoms with van der Waals surface area (Å²) in [4.78, 5) is 11.2. The number of rotatable bonds is 4. The first kappa shape index (κ1) is 19.4. The van der Waals surface area contributed by atoms with E-state index in [1.165, 1.54) is 7.11 Å². The van der Waals surface area contributed by atoms with Crippen LogP contribution in [-0.2, 0) is 0 Å². The normalized spacial score (nSPS) is 16.8. The number of hydrogen-bond acceptors (Lipinski definition) is 9. The fraction of sp³-hybridized carbons (Fsp3) is 0.0870. The summed E-state index contributed by atoms with van der Waals surface area (Å²) in [6, 6.07) is 24.6. The number of aliphatic imine (C=N–C) groups is 2. The Balaban J connectivity index is 1.50. The molecule has 2 aliphatic rings. The number of nitrogens with zero attached hydrogens (tertiary/aromatic N) is 4. The highest BCUT2D eigenvalue weighted by atomic mass is 16.5. The lowest BCUT2D eigenvalue weighted by Crippen LogP contribution is -2.45. The van der Waals surface area contributed by atoms with Gasteiger partial charge in [0.05, 0.1) is 7.11 Å². The lowest BCUT2D eigenvalue weighted by atomic mass is 10.1. The van der Waals surface area contributed by atoms with Gasteiger partial charge in [0.25, 0.3) is 5.96 Å². The Bertz CT molecular complexity index is 1210. The second kappa shape index (κ2) is 8.31. The van der Waals surface area contributed by atoms with Crippen LogP contribution in [0.4, 0.5) is 11.4 Å². The van der Waals surface area contributed by atoms with Crippen LogP contribution < -0.4 is 20.8 Å². The lowest BCUT2D eigenvalue weighted by Gasteiger charge is -2.30. The largest absolute Gasteiger partial charge is 0.504 e. The molecule has 1 unspecified atom stereocenters. The van der Waals surface area contributed by atoms with Crippen molar-refractivity contribution in [3.63, 3.8) is 0 Å². The minimum absolute atomic E-state index is 0.0673. The van der Waals surface area contributed by atoms with Crippen molar-refractivity contribution in [2.45, 2.75) is 6.17 Å². The number of guanidine groups is 3. The standard InChI is InChI=1S/C23H21N7O2/c1-32-19-14-15(12-13-18(19)31)20-28-29-23-27-21(24-16-8-4-2-5-9-16)26-22(30(20)23)25-17-10-6-3-7-11-17/h2-14,20,28,31H,1H3,(H2,24,25,26,27,29). The summed E-state index contributed by atoms with van der Waals surface area (Å²) in [5.74, 6) is 1.85. The van der Waals surface area contributed by atoms with Crippen molar-refractivity contribution in [2.24, 2.45) is 15.1 Å². The van der Waals surface area contributed by atoms with E-state index in [0.717, 1.165) is 16.9 Å². The van der Waals surface area contributed by atoms with E-state index in [1.54, 1.807) is 18.2 Å². The van der Waals surface area contributed by atoms with E-state index < -0.39 is 6.17 Å². The maximum absolute atomic E-state index is 9.98. The number of hydrogen-bond donors (Lipinski definition) is 4. The molecule has 3 aromatic rings. The van der Waals surface area contributed by atoms with E-state index in [-0.39, 0.29) is 5.75 Å². The summed E-state index contributed by atoms with van der Waals surface area (Å²) in [5.41, 5.74) is 5.68. The predicted molar refractivity (Wildman–Crippen MR) is 125 cm³/mol. The monoisotopic (exact) mass is 427 g/mol. The molecule has 0 radical (unpaired) electrons. The van der Waals surface area contributed by atoms with Crippen LogP contribution in [0, 0.1) is 0 Å². The van der Waals surface area contributed by atoms with Gasteiger partial charge in [-0.05, 0) is 36.4 Å². The third-order valence-corrected chi connectivity index (χ3v) is 4.99. The third kappa shape index (κ3) is 3.79. The van der Waals surface area contributed by atoms with Crippen LogP contribution in [0.25, 0.3) is 0 Å². The van der Waals surface area contributed by atoms with Crippen LogP contribution in [0.3, 0.4) is 0 Å². The molecular weight excluding hydrogens is 406 g/mol. The van der Waals surface area contributed by atoms with Crippen molar-refractivity contribution >= 4 is 29.3 Å². The van der Waals surface area contributed by atoms with Crippen LogP contribution in [0.15, 0.2) is 93.9 Å². The molecule has 9 nitrogen and oxygen atoms in total. The zero-order valence-corrected chi connectivity index (χ0v) is 17.2. The number of fused-ring (bicyclic) bond motifs is 1. The molecule has 9 heteroatoms. The number of aromatic hydroxyl groups is 1. The van der Waals surface area contributed by atoms with Gasteiger partial charge < -0.3 is 20.5 Å². The number of benzene rings is 3. The molecule has 32 heavy (non-hydrogen) atoms. The molecule has 0 fully saturated rings. The molecule has 1 atom stereocenters. The molecule has 0 saturated heterocycles. The van der Waals surface area contributed by atoms with Gasteiger partial charge >= 0.3 is 0 Å². The van der Waals surface area contributed by atoms with Gasteiger partial charge in [-0.15, -0.1) is 5.10 Å². The van der Waals surface area contributed by atoms with Crippen LogP contribution >= 0.6 is 0 Å². The van der Waals surface area contributed by atoms with Gasteiger partial charge in [-0.1, -0.05) is 42.5 Å². The van der Waals surface area contributed by atoms with Gasteiger partial charge in [-0.2, -0.15) is 9.98 Å². The molecule has 2 heterocycles. The summed E-state index contributed by atoms with van der Waals surface area (Å²) in [5, 5.41) is 21.0. The van der Waals surface area contributed by atoms with Crippen LogP contribution in [-0.4, -0.2) is 35.0 Å². The van der Waals surface area contributed by atoms with Crippen LogP contribution in [0.5, 0.6) is 11.5 Å². The van der Waals surface area contributed by atoms with E-state index in [9.17, 15) is 5.11 Å². The van der Waals surface area contributed by atoms with Gasteiger partial charge in [0, 0.05) is 16.9 Å². The minimum atomic E-state index is -0.392. The van der Waals surface area contributed by atoms with Crippen molar-refractivity contribution in [1.82, 2.24) is 10.3 Å². The molecule has 5 rings (SSSR count). The molecule has 2 aliphatic heterocycles. The molecule has 0 bridgehead atoms. The zero-order chi connectivity index (χ0) is 21.9. The molecular formula is C23H21N7O2. The van der Waals surface area contributed by atoms with Crippen LogP contribution in [0.1, 0.15) is 11.7 Å². The zero-order valence-electron chi connectivity index (χ0n) is 17.2.